The second kappa shape index (κ2) is 27.1. The van der Waals surface area contributed by atoms with Crippen molar-refractivity contribution in [3.8, 4) is 78.1 Å². The van der Waals surface area contributed by atoms with Crippen LogP contribution in [0.4, 0.5) is 34.1 Å². The molecule has 0 N–H and O–H groups in total. The molecule has 18 aromatic rings. The topological polar surface area (TPSA) is 16.3 Å². The van der Waals surface area contributed by atoms with Crippen LogP contribution in [0.2, 0.25) is 0 Å². The van der Waals surface area contributed by atoms with Crippen LogP contribution in [0.25, 0.3) is 122 Å². The largest absolute Gasteiger partial charge is 0.310 e. The second-order valence-electron chi connectivity index (χ2n) is 23.9. The molecule has 18 rings (SSSR count). The highest BCUT2D eigenvalue weighted by atomic mass is 15.2. The van der Waals surface area contributed by atoms with E-state index in [0.717, 1.165) is 106 Å². The minimum absolute atomic E-state index is 0.00867. The molecule has 0 bridgehead atoms. The van der Waals surface area contributed by atoms with E-state index in [1.54, 1.807) is 30.3 Å². The third kappa shape index (κ3) is 11.8. The molecular formula is C96H68N4. The van der Waals surface area contributed by atoms with Crippen molar-refractivity contribution in [2.45, 2.75) is 0 Å². The van der Waals surface area contributed by atoms with Crippen LogP contribution in [0.1, 0.15) is 21.9 Å². The molecule has 16 aromatic carbocycles. The molecule has 2 heterocycles. The van der Waals surface area contributed by atoms with E-state index in [9.17, 15) is 13.7 Å². The molecule has 0 saturated carbocycles. The first-order valence-electron chi connectivity index (χ1n) is 40.9. The number of fused-ring (bicyclic) bond motifs is 6. The van der Waals surface area contributed by atoms with Crippen LogP contribution in [0.5, 0.6) is 0 Å². The third-order valence-electron chi connectivity index (χ3n) is 18.0. The smallest absolute Gasteiger partial charge is 0.0651 e. The Hall–Kier alpha value is -13.3. The lowest BCUT2D eigenvalue weighted by Gasteiger charge is -2.28. The van der Waals surface area contributed by atoms with Crippen LogP contribution < -0.4 is 9.80 Å². The zero-order valence-electron chi connectivity index (χ0n) is 69.8. The summed E-state index contributed by atoms with van der Waals surface area (Å²) in [7, 11) is 0. The van der Waals surface area contributed by atoms with Gasteiger partial charge in [-0.15, -0.1) is 0 Å². The molecular weight excluding hydrogens is 1210 g/mol. The van der Waals surface area contributed by atoms with Crippen molar-refractivity contribution >= 4 is 77.7 Å². The Morgan fingerprint density at radius 1 is 0.210 bits per heavy atom. The first kappa shape index (κ1) is 45.2. The molecule has 0 amide bonds. The standard InChI is InChI=1S/2C48H34N2/c2*1-4-15-35(16-5-1)36-27-30-41(31-28-36)49(46-25-12-10-23-43(46)37-17-6-2-7-18-37)42-22-14-19-38(33-42)39-29-32-48-45(34-39)44-24-11-13-26-47(44)50(48)40-20-8-3-9-21-40/h2*1-34H/i2D,6D,7D,12D,14D,17D,18D,19D,22D,23D,25D,33D;14D,19D,22D,33D. The van der Waals surface area contributed by atoms with Gasteiger partial charge in [0.1, 0.15) is 0 Å². The minimum atomic E-state index is -0.674. The first-order chi connectivity index (χ1) is 56.3. The van der Waals surface area contributed by atoms with Crippen LogP contribution in [-0.4, -0.2) is 9.13 Å². The maximum absolute atomic E-state index is 9.93. The van der Waals surface area contributed by atoms with Gasteiger partial charge in [-0.2, -0.15) is 0 Å². The first-order valence-corrected chi connectivity index (χ1v) is 32.9. The number of aromatic nitrogens is 2. The predicted molar refractivity (Wildman–Crippen MR) is 424 cm³/mol. The summed E-state index contributed by atoms with van der Waals surface area (Å²) in [5.74, 6) is 0. The van der Waals surface area contributed by atoms with E-state index in [1.165, 1.54) is 4.90 Å². The second-order valence-corrected chi connectivity index (χ2v) is 23.9. The van der Waals surface area contributed by atoms with E-state index >= 15 is 0 Å². The molecule has 0 fully saturated rings. The third-order valence-corrected chi connectivity index (χ3v) is 18.0. The van der Waals surface area contributed by atoms with Crippen LogP contribution in [0, 0.1) is 0 Å². The molecule has 4 heteroatoms. The van der Waals surface area contributed by atoms with Gasteiger partial charge in [0.2, 0.25) is 0 Å². The fraction of sp³-hybridized carbons (Fsp3) is 0. The Balaban J connectivity index is 0.000000168. The highest BCUT2D eigenvalue weighted by Gasteiger charge is 2.22. The van der Waals surface area contributed by atoms with Crippen molar-refractivity contribution in [2.24, 2.45) is 0 Å². The summed E-state index contributed by atoms with van der Waals surface area (Å²) >= 11 is 0. The van der Waals surface area contributed by atoms with Gasteiger partial charge >= 0.3 is 0 Å². The van der Waals surface area contributed by atoms with Crippen molar-refractivity contribution in [2.75, 3.05) is 9.80 Å². The predicted octanol–water partition coefficient (Wildman–Crippen LogP) is 26.5. The lowest BCUT2D eigenvalue weighted by atomic mass is 9.99. The normalized spacial score (nSPS) is 13.4. The van der Waals surface area contributed by atoms with Gasteiger partial charge in [-0.25, -0.2) is 0 Å². The summed E-state index contributed by atoms with van der Waals surface area (Å²) in [5, 5.41) is 3.76. The zero-order chi connectivity index (χ0) is 80.5. The van der Waals surface area contributed by atoms with Crippen molar-refractivity contribution in [3.05, 3.63) is 412 Å². The average Bonchev–Trinajstić information content (AvgIpc) is 0.978. The number of benzene rings is 16. The summed E-state index contributed by atoms with van der Waals surface area (Å²) < 4.78 is 150. The van der Waals surface area contributed by atoms with E-state index in [1.807, 2.05) is 248 Å². The molecule has 0 aliphatic carbocycles. The molecule has 4 nitrogen and oxygen atoms in total. The van der Waals surface area contributed by atoms with Crippen molar-refractivity contribution < 1.29 is 21.9 Å². The van der Waals surface area contributed by atoms with Gasteiger partial charge in [-0.3, -0.25) is 0 Å². The quantitative estimate of drug-likeness (QED) is 0.108. The fourth-order valence-corrected chi connectivity index (χ4v) is 13.4. The average molecular weight is 1290 g/mol. The highest BCUT2D eigenvalue weighted by Crippen LogP contribution is 2.46. The van der Waals surface area contributed by atoms with Crippen LogP contribution >= 0.6 is 0 Å². The Morgan fingerprint density at radius 2 is 0.600 bits per heavy atom. The molecule has 0 spiro atoms. The van der Waals surface area contributed by atoms with Crippen LogP contribution in [0.3, 0.4) is 0 Å². The van der Waals surface area contributed by atoms with E-state index in [-0.39, 0.29) is 70.1 Å². The van der Waals surface area contributed by atoms with Crippen molar-refractivity contribution in [1.29, 1.82) is 0 Å². The van der Waals surface area contributed by atoms with E-state index in [0.29, 0.717) is 16.7 Å². The number of para-hydroxylation sites is 6. The van der Waals surface area contributed by atoms with Crippen molar-refractivity contribution in [1.82, 2.24) is 9.13 Å². The molecule has 100 heavy (non-hydrogen) atoms. The van der Waals surface area contributed by atoms with Crippen molar-refractivity contribution in [3.63, 3.8) is 0 Å². The molecule has 0 unspecified atom stereocenters. The SMILES string of the molecule is [2H]c1c([2H])c(-c2ccc3c(c2)c2ccccc2n3-c2ccccc2)c([2H])c(N(c2ccc(-c3ccccc3)cc2)c2ccccc2-c2ccccc2)c1[2H].[2H]c1cc([2H])c(-c2c([2H])c([2H])c([2H])c([2H])c2[2H])c(N(c2ccc(-c3ccccc3)cc2)c2c([2H])c([2H])c([2H])c(-c3ccc4c(c3)c3ccccc3n4-c3ccccc3)c2[2H])c1[2H]. The number of nitrogens with zero attached hydrogens (tertiary/aromatic N) is 4. The summed E-state index contributed by atoms with van der Waals surface area (Å²) in [5.41, 5.74) is 13.6. The summed E-state index contributed by atoms with van der Waals surface area (Å²) in [6, 6.07) is 94.4. The maximum Gasteiger partial charge on any atom is 0.0651 e. The summed E-state index contributed by atoms with van der Waals surface area (Å²) in [6.45, 7) is 0. The Kier molecular flexibility index (Phi) is 12.2. The minimum Gasteiger partial charge on any atom is -0.310 e. The Labute approximate surface area is 606 Å². The number of hydrogen-bond acceptors (Lipinski definition) is 2. The fourth-order valence-electron chi connectivity index (χ4n) is 13.4. The number of rotatable bonds is 14. The van der Waals surface area contributed by atoms with E-state index in [4.69, 9.17) is 8.22 Å². The van der Waals surface area contributed by atoms with E-state index < -0.39 is 66.0 Å². The zero-order valence-corrected chi connectivity index (χ0v) is 53.8. The van der Waals surface area contributed by atoms with Crippen LogP contribution in [-0.2, 0) is 0 Å². The summed E-state index contributed by atoms with van der Waals surface area (Å²) in [4.78, 5) is 3.21. The lowest BCUT2D eigenvalue weighted by Crippen LogP contribution is -2.11. The number of hydrogen-bond donors (Lipinski definition) is 0. The van der Waals surface area contributed by atoms with Gasteiger partial charge < -0.3 is 18.9 Å². The van der Waals surface area contributed by atoms with E-state index in [2.05, 4.69) is 45.5 Å². The molecule has 0 radical (unpaired) electrons. The molecule has 0 aliphatic heterocycles. The lowest BCUT2D eigenvalue weighted by molar-refractivity contribution is 1.18. The molecule has 2 aromatic heterocycles. The van der Waals surface area contributed by atoms with Gasteiger partial charge in [-0.1, -0.05) is 291 Å². The van der Waals surface area contributed by atoms with Gasteiger partial charge in [-0.05, 0) is 177 Å². The van der Waals surface area contributed by atoms with Gasteiger partial charge in [0.15, 0.2) is 0 Å². The van der Waals surface area contributed by atoms with Crippen LogP contribution in [0.15, 0.2) is 412 Å². The molecule has 0 atom stereocenters. The summed E-state index contributed by atoms with van der Waals surface area (Å²) in [6.07, 6.45) is 0. The van der Waals surface area contributed by atoms with Gasteiger partial charge in [0.25, 0.3) is 0 Å². The Morgan fingerprint density at radius 3 is 1.10 bits per heavy atom. The molecule has 472 valence electrons. The Bertz CT molecular complexity index is 6860. The van der Waals surface area contributed by atoms with Gasteiger partial charge in [0.05, 0.1) is 55.4 Å². The molecule has 0 aliphatic rings. The molecule has 0 saturated heterocycles. The monoisotopic (exact) mass is 1290 g/mol. The highest BCUT2D eigenvalue weighted by molar-refractivity contribution is 6.12. The number of anilines is 6. The van der Waals surface area contributed by atoms with Gasteiger partial charge in [0, 0.05) is 66.8 Å². The maximum atomic E-state index is 9.93.